The van der Waals surface area contributed by atoms with Gasteiger partial charge in [0.1, 0.15) is 11.1 Å². The first-order valence-electron chi connectivity index (χ1n) is 11.5. The Labute approximate surface area is 193 Å². The maximum atomic E-state index is 13.2. The lowest BCUT2D eigenvalue weighted by Gasteiger charge is -2.26. The molecule has 2 aromatic carbocycles. The second kappa shape index (κ2) is 10.3. The van der Waals surface area contributed by atoms with Gasteiger partial charge in [-0.05, 0) is 49.3 Å². The molecule has 2 N–H and O–H groups in total. The van der Waals surface area contributed by atoms with E-state index in [1.54, 1.807) is 23.9 Å². The quantitative estimate of drug-likeness (QED) is 0.585. The second-order valence-electron chi connectivity index (χ2n) is 8.36. The van der Waals surface area contributed by atoms with E-state index >= 15 is 0 Å². The number of rotatable bonds is 7. The molecule has 1 heterocycles. The van der Waals surface area contributed by atoms with Crippen molar-refractivity contribution in [1.29, 1.82) is 0 Å². The van der Waals surface area contributed by atoms with Crippen LogP contribution >= 0.6 is 0 Å². The van der Waals surface area contributed by atoms with E-state index in [4.69, 9.17) is 0 Å². The van der Waals surface area contributed by atoms with Crippen molar-refractivity contribution in [2.75, 3.05) is 6.54 Å². The number of amides is 2. The third-order valence-corrected chi connectivity index (χ3v) is 6.08. The zero-order valence-electron chi connectivity index (χ0n) is 18.8. The number of nitrogens with zero attached hydrogens (tertiary/aromatic N) is 1. The summed E-state index contributed by atoms with van der Waals surface area (Å²) in [6.07, 6.45) is 6.61. The molecule has 6 heteroatoms. The van der Waals surface area contributed by atoms with Crippen LogP contribution < -0.4 is 16.1 Å². The van der Waals surface area contributed by atoms with Crippen LogP contribution in [0.5, 0.6) is 0 Å². The molecule has 2 amide bonds. The summed E-state index contributed by atoms with van der Waals surface area (Å²) in [5, 5.41) is 5.73. The summed E-state index contributed by atoms with van der Waals surface area (Å²) in [5.74, 6) is -0.907. The maximum absolute atomic E-state index is 13.2. The van der Waals surface area contributed by atoms with E-state index in [1.165, 1.54) is 5.56 Å². The molecule has 1 atom stereocenters. The molecule has 1 aliphatic rings. The smallest absolute Gasteiger partial charge is 0.257 e. The van der Waals surface area contributed by atoms with E-state index < -0.39 is 17.2 Å². The average Bonchev–Trinajstić information content (AvgIpc) is 2.84. The average molecular weight is 444 g/mol. The molecule has 0 radical (unpaired) electrons. The Morgan fingerprint density at radius 3 is 2.42 bits per heavy atom. The third kappa shape index (κ3) is 5.22. The Kier molecular flexibility index (Phi) is 7.03. The minimum absolute atomic E-state index is 0.00475. The van der Waals surface area contributed by atoms with Gasteiger partial charge in [0.05, 0.1) is 6.04 Å². The minimum atomic E-state index is -0.543. The van der Waals surface area contributed by atoms with Crippen molar-refractivity contribution in [3.63, 3.8) is 0 Å². The van der Waals surface area contributed by atoms with E-state index in [0.29, 0.717) is 13.1 Å². The zero-order valence-corrected chi connectivity index (χ0v) is 18.8. The summed E-state index contributed by atoms with van der Waals surface area (Å²) >= 11 is 0. The molecule has 33 heavy (non-hydrogen) atoms. The van der Waals surface area contributed by atoms with Gasteiger partial charge in [0.25, 0.3) is 11.8 Å². The van der Waals surface area contributed by atoms with Gasteiger partial charge in [0, 0.05) is 25.5 Å². The molecule has 4 rings (SSSR count). The first-order chi connectivity index (χ1) is 16.1. The van der Waals surface area contributed by atoms with Gasteiger partial charge in [-0.1, -0.05) is 54.6 Å². The topological polar surface area (TPSA) is 80.2 Å². The van der Waals surface area contributed by atoms with Crippen molar-refractivity contribution in [1.82, 2.24) is 15.2 Å². The van der Waals surface area contributed by atoms with E-state index in [9.17, 15) is 14.4 Å². The number of pyridine rings is 1. The SMILES string of the molecule is CCNC(=O)c1cn(CCc2ccccc2)cc(C(=O)N[C@H]2CCCc3ccccc32)c1=O. The first-order valence-corrected chi connectivity index (χ1v) is 11.5. The highest BCUT2D eigenvalue weighted by molar-refractivity contribution is 5.99. The Balaban J connectivity index is 1.63. The Hall–Kier alpha value is -3.67. The number of hydrogen-bond acceptors (Lipinski definition) is 3. The van der Waals surface area contributed by atoms with Gasteiger partial charge >= 0.3 is 0 Å². The van der Waals surface area contributed by atoms with Crippen LogP contribution in [0.25, 0.3) is 0 Å². The molecular weight excluding hydrogens is 414 g/mol. The second-order valence-corrected chi connectivity index (χ2v) is 8.36. The number of aryl methyl sites for hydroxylation is 3. The minimum Gasteiger partial charge on any atom is -0.352 e. The number of hydrogen-bond donors (Lipinski definition) is 2. The van der Waals surface area contributed by atoms with Crippen LogP contribution in [0.2, 0.25) is 0 Å². The summed E-state index contributed by atoms with van der Waals surface area (Å²) in [4.78, 5) is 38.9. The summed E-state index contributed by atoms with van der Waals surface area (Å²) in [7, 11) is 0. The van der Waals surface area contributed by atoms with Crippen LogP contribution in [0, 0.1) is 0 Å². The van der Waals surface area contributed by atoms with E-state index in [2.05, 4.69) is 16.7 Å². The molecule has 1 aromatic heterocycles. The van der Waals surface area contributed by atoms with Gasteiger partial charge in [0.2, 0.25) is 5.43 Å². The van der Waals surface area contributed by atoms with Gasteiger partial charge in [-0.2, -0.15) is 0 Å². The Morgan fingerprint density at radius 2 is 1.67 bits per heavy atom. The Bertz CT molecular complexity index is 1200. The summed E-state index contributed by atoms with van der Waals surface area (Å²) in [6.45, 7) is 2.74. The lowest BCUT2D eigenvalue weighted by molar-refractivity contribution is 0.0930. The highest BCUT2D eigenvalue weighted by Crippen LogP contribution is 2.29. The van der Waals surface area contributed by atoms with Crippen molar-refractivity contribution in [3.8, 4) is 0 Å². The Morgan fingerprint density at radius 1 is 0.970 bits per heavy atom. The molecule has 0 bridgehead atoms. The molecule has 0 saturated heterocycles. The lowest BCUT2D eigenvalue weighted by atomic mass is 9.87. The molecule has 0 unspecified atom stereocenters. The number of nitrogens with one attached hydrogen (secondary N) is 2. The predicted molar refractivity (Wildman–Crippen MR) is 128 cm³/mol. The van der Waals surface area contributed by atoms with Crippen molar-refractivity contribution in [2.45, 2.75) is 45.2 Å². The van der Waals surface area contributed by atoms with Crippen molar-refractivity contribution in [3.05, 3.63) is 105 Å². The van der Waals surface area contributed by atoms with E-state index in [1.807, 2.05) is 48.5 Å². The summed E-state index contributed by atoms with van der Waals surface area (Å²) in [5.41, 5.74) is 2.90. The van der Waals surface area contributed by atoms with Crippen LogP contribution in [0.3, 0.4) is 0 Å². The number of aromatic nitrogens is 1. The largest absolute Gasteiger partial charge is 0.352 e. The predicted octanol–water partition coefficient (Wildman–Crippen LogP) is 3.65. The molecule has 0 fully saturated rings. The molecule has 0 saturated carbocycles. The summed E-state index contributed by atoms with van der Waals surface area (Å²) in [6, 6.07) is 17.9. The molecule has 3 aromatic rings. The van der Waals surface area contributed by atoms with Gasteiger partial charge in [-0.3, -0.25) is 14.4 Å². The van der Waals surface area contributed by atoms with Gasteiger partial charge < -0.3 is 15.2 Å². The lowest BCUT2D eigenvalue weighted by Crippen LogP contribution is -2.37. The molecule has 0 spiro atoms. The number of carbonyl (C=O) groups is 2. The monoisotopic (exact) mass is 443 g/mol. The van der Waals surface area contributed by atoms with Crippen LogP contribution in [-0.4, -0.2) is 22.9 Å². The van der Waals surface area contributed by atoms with Crippen LogP contribution in [0.15, 0.2) is 71.8 Å². The molecule has 1 aliphatic carbocycles. The number of benzene rings is 2. The summed E-state index contributed by atoms with van der Waals surface area (Å²) < 4.78 is 1.77. The normalized spacial score (nSPS) is 14.9. The van der Waals surface area contributed by atoms with Crippen molar-refractivity contribution in [2.24, 2.45) is 0 Å². The first kappa shape index (κ1) is 22.5. The van der Waals surface area contributed by atoms with Gasteiger partial charge in [0.15, 0.2) is 0 Å². The van der Waals surface area contributed by atoms with Crippen molar-refractivity contribution < 1.29 is 9.59 Å². The molecule has 0 aliphatic heterocycles. The highest BCUT2D eigenvalue weighted by atomic mass is 16.2. The van der Waals surface area contributed by atoms with Crippen LogP contribution in [-0.2, 0) is 19.4 Å². The fraction of sp³-hybridized carbons (Fsp3) is 0.296. The standard InChI is InChI=1S/C27H29N3O3/c1-2-28-26(32)22-17-30(16-15-19-9-4-3-5-10-19)18-23(25(22)31)27(33)29-24-14-8-12-20-11-6-7-13-21(20)24/h3-7,9-11,13,17-18,24H,2,8,12,14-16H2,1H3,(H,28,32)(H,29,33)/t24-/m0/s1. The van der Waals surface area contributed by atoms with Gasteiger partial charge in [-0.15, -0.1) is 0 Å². The third-order valence-electron chi connectivity index (χ3n) is 6.08. The maximum Gasteiger partial charge on any atom is 0.257 e. The number of carbonyl (C=O) groups excluding carboxylic acids is 2. The molecular formula is C27H29N3O3. The van der Waals surface area contributed by atoms with Crippen LogP contribution in [0.1, 0.15) is 63.2 Å². The number of fused-ring (bicyclic) bond motifs is 1. The van der Waals surface area contributed by atoms with E-state index in [0.717, 1.165) is 36.8 Å². The highest BCUT2D eigenvalue weighted by Gasteiger charge is 2.25. The molecule has 6 nitrogen and oxygen atoms in total. The van der Waals surface area contributed by atoms with E-state index in [-0.39, 0.29) is 17.2 Å². The van der Waals surface area contributed by atoms with Crippen molar-refractivity contribution >= 4 is 11.8 Å². The fourth-order valence-electron chi connectivity index (χ4n) is 4.38. The van der Waals surface area contributed by atoms with Crippen LogP contribution in [0.4, 0.5) is 0 Å². The fourth-order valence-corrected chi connectivity index (χ4v) is 4.38. The van der Waals surface area contributed by atoms with Gasteiger partial charge in [-0.25, -0.2) is 0 Å². The zero-order chi connectivity index (χ0) is 23.2. The molecule has 170 valence electrons.